The summed E-state index contributed by atoms with van der Waals surface area (Å²) in [5.74, 6) is -3.81. The molecule has 11 nitrogen and oxygen atoms in total. The van der Waals surface area contributed by atoms with Gasteiger partial charge in [-0.15, -0.1) is 0 Å². The minimum atomic E-state index is -3.53. The molecular weight excluding hydrogens is 514 g/mol. The lowest BCUT2D eigenvalue weighted by atomic mass is 10.0. The van der Waals surface area contributed by atoms with Crippen molar-refractivity contribution in [3.8, 4) is 0 Å². The average molecular weight is 546 g/mol. The highest BCUT2D eigenvalue weighted by atomic mass is 32.2. The highest BCUT2D eigenvalue weighted by Crippen LogP contribution is 2.16. The maximum atomic E-state index is 13.5. The van der Waals surface area contributed by atoms with Crippen LogP contribution in [-0.4, -0.2) is 73.8 Å². The molecule has 0 bridgehead atoms. The molecule has 38 heavy (non-hydrogen) atoms. The van der Waals surface area contributed by atoms with Crippen LogP contribution in [0.15, 0.2) is 59.5 Å². The molecule has 0 saturated carbocycles. The zero-order valence-electron chi connectivity index (χ0n) is 21.1. The first-order valence-electron chi connectivity index (χ1n) is 11.8. The number of benzene rings is 2. The van der Waals surface area contributed by atoms with Crippen molar-refractivity contribution in [3.63, 3.8) is 0 Å². The first-order valence-corrected chi connectivity index (χ1v) is 13.7. The van der Waals surface area contributed by atoms with Crippen LogP contribution < -0.4 is 10.6 Å². The Balaban J connectivity index is 2.26. The van der Waals surface area contributed by atoms with E-state index >= 15 is 0 Å². The van der Waals surface area contributed by atoms with Crippen LogP contribution in [0.5, 0.6) is 0 Å². The second kappa shape index (κ2) is 14.0. The number of amides is 3. The van der Waals surface area contributed by atoms with Gasteiger partial charge in [0.15, 0.2) is 9.84 Å². The molecule has 12 heteroatoms. The first kappa shape index (κ1) is 30.2. The molecular formula is C26H31N3O8S. The summed E-state index contributed by atoms with van der Waals surface area (Å²) in [6.07, 6.45) is 1.28. The number of carboxylic acids is 1. The Kier molecular flexibility index (Phi) is 11.1. The SMILES string of the molecule is CC[C@@H](CNC(=O)c1ccccc1)C(=O)N(CC(=O)N[C@@H](CC=O)C(=O)O)Cc1cccc(S(C)(=O)=O)c1. The average Bonchev–Trinajstić information content (AvgIpc) is 2.88. The second-order valence-corrected chi connectivity index (χ2v) is 10.7. The summed E-state index contributed by atoms with van der Waals surface area (Å²) in [6.45, 7) is 1.02. The highest BCUT2D eigenvalue weighted by molar-refractivity contribution is 7.90. The molecule has 0 fully saturated rings. The summed E-state index contributed by atoms with van der Waals surface area (Å²) in [5.41, 5.74) is 0.846. The lowest BCUT2D eigenvalue weighted by Gasteiger charge is -2.27. The molecule has 0 aliphatic rings. The molecule has 0 saturated heterocycles. The van der Waals surface area contributed by atoms with Gasteiger partial charge in [0.1, 0.15) is 12.3 Å². The van der Waals surface area contributed by atoms with Crippen LogP contribution in [0.1, 0.15) is 35.7 Å². The highest BCUT2D eigenvalue weighted by Gasteiger charge is 2.28. The molecule has 0 heterocycles. The number of nitrogens with one attached hydrogen (secondary N) is 2. The number of carboxylic acid groups (broad SMARTS) is 1. The quantitative estimate of drug-likeness (QED) is 0.296. The smallest absolute Gasteiger partial charge is 0.326 e. The minimum Gasteiger partial charge on any atom is -0.480 e. The standard InChI is InChI=1S/C26H31N3O8S/c1-3-19(15-27-24(32)20-9-5-4-6-10-20)25(33)29(17-23(31)28-22(12-13-30)26(34)35)16-18-8-7-11-21(14-18)38(2,36)37/h4-11,13-14,19,22H,3,12,15-17H2,1-2H3,(H,27,32)(H,28,31)(H,34,35)/t19-,22-/m0/s1. The Morgan fingerprint density at radius 1 is 1.05 bits per heavy atom. The number of hydrogen-bond donors (Lipinski definition) is 3. The van der Waals surface area contributed by atoms with Crippen molar-refractivity contribution >= 4 is 39.8 Å². The van der Waals surface area contributed by atoms with Gasteiger partial charge in [0, 0.05) is 31.3 Å². The van der Waals surface area contributed by atoms with Gasteiger partial charge in [-0.3, -0.25) is 14.4 Å². The Morgan fingerprint density at radius 3 is 2.32 bits per heavy atom. The van der Waals surface area contributed by atoms with Crippen LogP contribution in [0, 0.1) is 5.92 Å². The zero-order valence-corrected chi connectivity index (χ0v) is 21.9. The Hall–Kier alpha value is -4.06. The Bertz CT molecular complexity index is 1260. The van der Waals surface area contributed by atoms with Crippen molar-refractivity contribution in [1.82, 2.24) is 15.5 Å². The molecule has 2 atom stereocenters. The summed E-state index contributed by atoms with van der Waals surface area (Å²) < 4.78 is 24.0. The molecule has 0 aliphatic carbocycles. The summed E-state index contributed by atoms with van der Waals surface area (Å²) in [7, 11) is -3.53. The van der Waals surface area contributed by atoms with E-state index in [9.17, 15) is 37.5 Å². The van der Waals surface area contributed by atoms with Gasteiger partial charge < -0.3 is 25.4 Å². The molecule has 0 radical (unpaired) electrons. The van der Waals surface area contributed by atoms with E-state index in [1.807, 2.05) is 0 Å². The third-order valence-corrected chi connectivity index (χ3v) is 6.81. The summed E-state index contributed by atoms with van der Waals surface area (Å²) in [4.78, 5) is 62.0. The van der Waals surface area contributed by atoms with Crippen molar-refractivity contribution in [3.05, 3.63) is 65.7 Å². The molecule has 0 aliphatic heterocycles. The van der Waals surface area contributed by atoms with Crippen LogP contribution >= 0.6 is 0 Å². The predicted octanol–water partition coefficient (Wildman–Crippen LogP) is 1.03. The van der Waals surface area contributed by atoms with Crippen molar-refractivity contribution in [1.29, 1.82) is 0 Å². The van der Waals surface area contributed by atoms with E-state index in [1.165, 1.54) is 23.1 Å². The van der Waals surface area contributed by atoms with Gasteiger partial charge in [0.05, 0.1) is 17.4 Å². The second-order valence-electron chi connectivity index (χ2n) is 8.66. The van der Waals surface area contributed by atoms with Crippen LogP contribution in [0.4, 0.5) is 0 Å². The number of carbonyl (C=O) groups excluding carboxylic acids is 4. The van der Waals surface area contributed by atoms with Gasteiger partial charge in [-0.25, -0.2) is 13.2 Å². The number of nitrogens with zero attached hydrogens (tertiary/aromatic N) is 1. The fraction of sp³-hybridized carbons (Fsp3) is 0.346. The van der Waals surface area contributed by atoms with E-state index in [0.29, 0.717) is 23.8 Å². The van der Waals surface area contributed by atoms with E-state index in [1.54, 1.807) is 43.3 Å². The Labute approximate surface area is 221 Å². The number of aldehydes is 1. The molecule has 204 valence electrons. The first-order chi connectivity index (χ1) is 18.0. The topological polar surface area (TPSA) is 167 Å². The van der Waals surface area contributed by atoms with Crippen molar-refractivity contribution in [2.24, 2.45) is 5.92 Å². The third-order valence-electron chi connectivity index (χ3n) is 5.70. The van der Waals surface area contributed by atoms with E-state index in [0.717, 1.165) is 6.26 Å². The molecule has 2 rings (SSSR count). The number of carbonyl (C=O) groups is 5. The van der Waals surface area contributed by atoms with E-state index in [2.05, 4.69) is 10.6 Å². The van der Waals surface area contributed by atoms with Gasteiger partial charge in [-0.1, -0.05) is 37.3 Å². The van der Waals surface area contributed by atoms with Crippen LogP contribution in [-0.2, 0) is 35.6 Å². The van der Waals surface area contributed by atoms with Crippen molar-refractivity contribution < 1.29 is 37.5 Å². The van der Waals surface area contributed by atoms with Crippen LogP contribution in [0.25, 0.3) is 0 Å². The molecule has 2 aromatic rings. The van der Waals surface area contributed by atoms with Gasteiger partial charge >= 0.3 is 5.97 Å². The fourth-order valence-electron chi connectivity index (χ4n) is 3.61. The predicted molar refractivity (Wildman–Crippen MR) is 138 cm³/mol. The lowest BCUT2D eigenvalue weighted by molar-refractivity contribution is -0.144. The van der Waals surface area contributed by atoms with Crippen LogP contribution in [0.3, 0.4) is 0 Å². The van der Waals surface area contributed by atoms with Gasteiger partial charge in [0.2, 0.25) is 11.8 Å². The van der Waals surface area contributed by atoms with E-state index < -0.39 is 52.5 Å². The number of sulfone groups is 1. The normalized spacial score (nSPS) is 12.6. The van der Waals surface area contributed by atoms with Gasteiger partial charge in [0.25, 0.3) is 5.91 Å². The molecule has 2 aromatic carbocycles. The monoisotopic (exact) mass is 545 g/mol. The van der Waals surface area contributed by atoms with Crippen molar-refractivity contribution in [2.45, 2.75) is 37.2 Å². The number of aliphatic carboxylic acids is 1. The van der Waals surface area contributed by atoms with E-state index in [4.69, 9.17) is 0 Å². The zero-order chi connectivity index (χ0) is 28.3. The molecule has 0 aromatic heterocycles. The fourth-order valence-corrected chi connectivity index (χ4v) is 4.30. The molecule has 3 amide bonds. The summed E-state index contributed by atoms with van der Waals surface area (Å²) in [6, 6.07) is 12.9. The lowest BCUT2D eigenvalue weighted by Crippen LogP contribution is -2.49. The van der Waals surface area contributed by atoms with E-state index in [-0.39, 0.29) is 23.9 Å². The molecule has 3 N–H and O–H groups in total. The maximum absolute atomic E-state index is 13.5. The maximum Gasteiger partial charge on any atom is 0.326 e. The van der Waals surface area contributed by atoms with Crippen LogP contribution in [0.2, 0.25) is 0 Å². The number of hydrogen-bond acceptors (Lipinski definition) is 7. The summed E-state index contributed by atoms with van der Waals surface area (Å²) >= 11 is 0. The van der Waals surface area contributed by atoms with Crippen molar-refractivity contribution in [2.75, 3.05) is 19.3 Å². The minimum absolute atomic E-state index is 0.0204. The molecule has 0 unspecified atom stereocenters. The Morgan fingerprint density at radius 2 is 1.74 bits per heavy atom. The largest absolute Gasteiger partial charge is 0.480 e. The molecule has 0 spiro atoms. The van der Waals surface area contributed by atoms with Gasteiger partial charge in [-0.2, -0.15) is 0 Å². The van der Waals surface area contributed by atoms with Gasteiger partial charge in [-0.05, 0) is 36.2 Å². The third kappa shape index (κ3) is 9.11. The number of rotatable bonds is 14. The summed E-state index contributed by atoms with van der Waals surface area (Å²) in [5, 5.41) is 14.2.